The first-order valence-corrected chi connectivity index (χ1v) is 12.8. The maximum absolute atomic E-state index is 4.38. The summed E-state index contributed by atoms with van der Waals surface area (Å²) in [6.45, 7) is 7.90. The fraction of sp³-hybridized carbons (Fsp3) is 0.690. The molecule has 2 aromatic rings. The molecule has 0 saturated heterocycles. The summed E-state index contributed by atoms with van der Waals surface area (Å²) in [5, 5.41) is 2.65. The van der Waals surface area contributed by atoms with Gasteiger partial charge in [0.05, 0.1) is 0 Å². The van der Waals surface area contributed by atoms with Gasteiger partial charge in [0.2, 0.25) is 0 Å². The van der Waals surface area contributed by atoms with Crippen LogP contribution >= 0.6 is 0 Å². The van der Waals surface area contributed by atoms with Gasteiger partial charge in [0.15, 0.2) is 0 Å². The summed E-state index contributed by atoms with van der Waals surface area (Å²) in [5.41, 5.74) is 2.73. The van der Waals surface area contributed by atoms with Gasteiger partial charge in [-0.1, -0.05) is 39.3 Å². The highest BCUT2D eigenvalue weighted by molar-refractivity contribution is 5.82. The van der Waals surface area contributed by atoms with Crippen molar-refractivity contribution in [2.75, 3.05) is 0 Å². The Morgan fingerprint density at radius 3 is 2.57 bits per heavy atom. The van der Waals surface area contributed by atoms with E-state index in [1.807, 2.05) is 6.20 Å². The van der Waals surface area contributed by atoms with E-state index in [-0.39, 0.29) is 0 Å². The van der Waals surface area contributed by atoms with E-state index in [2.05, 4.69) is 56.2 Å². The molecule has 1 aromatic carbocycles. The number of hydrogen-bond acceptors (Lipinski definition) is 1. The minimum atomic E-state index is 0.502. The first-order chi connectivity index (χ1) is 14.5. The van der Waals surface area contributed by atoms with E-state index in [1.165, 1.54) is 68.6 Å². The first-order valence-electron chi connectivity index (χ1n) is 12.8. The highest BCUT2D eigenvalue weighted by Gasteiger charge is 2.60. The second-order valence-corrected chi connectivity index (χ2v) is 12.2. The lowest BCUT2D eigenvalue weighted by Crippen LogP contribution is -2.53. The van der Waals surface area contributed by atoms with Crippen LogP contribution in [0.4, 0.5) is 0 Å². The zero-order chi connectivity index (χ0) is 20.5. The number of aromatic nitrogens is 1. The standard InChI is InChI=1S/C29H39N/c1-19-10-13-28(2)23(16-19)6-7-24-26-9-8-25(29(26,3)14-11-27(24)28)21-5-4-20-12-15-30-18-22(20)17-21/h4-5,12,15,17-19,23-27H,6-11,13-14,16H2,1-3H3. The van der Waals surface area contributed by atoms with Gasteiger partial charge in [-0.3, -0.25) is 4.98 Å². The SMILES string of the molecule is CC1CCC2(C)C(CCC3C2CCC2(C)C(c4ccc5ccncc5c4)CCC32)C1. The van der Waals surface area contributed by atoms with Crippen LogP contribution in [0.5, 0.6) is 0 Å². The molecular formula is C29H39N. The van der Waals surface area contributed by atoms with Gasteiger partial charge in [0.25, 0.3) is 0 Å². The molecule has 0 aliphatic heterocycles. The van der Waals surface area contributed by atoms with E-state index < -0.39 is 0 Å². The van der Waals surface area contributed by atoms with Gasteiger partial charge in [0, 0.05) is 17.8 Å². The van der Waals surface area contributed by atoms with Gasteiger partial charge >= 0.3 is 0 Å². The molecule has 1 nitrogen and oxygen atoms in total. The summed E-state index contributed by atoms with van der Waals surface area (Å²) in [4.78, 5) is 4.38. The second-order valence-electron chi connectivity index (χ2n) is 12.2. The fourth-order valence-electron chi connectivity index (χ4n) is 9.34. The van der Waals surface area contributed by atoms with E-state index in [0.717, 1.165) is 35.5 Å². The number of benzene rings is 1. The van der Waals surface area contributed by atoms with Gasteiger partial charge in [0.1, 0.15) is 0 Å². The molecule has 8 unspecified atom stereocenters. The number of rotatable bonds is 1. The summed E-state index contributed by atoms with van der Waals surface area (Å²) < 4.78 is 0. The van der Waals surface area contributed by atoms with Crippen molar-refractivity contribution in [2.24, 2.45) is 40.4 Å². The average Bonchev–Trinajstić information content (AvgIpc) is 3.11. The zero-order valence-electron chi connectivity index (χ0n) is 19.2. The van der Waals surface area contributed by atoms with E-state index >= 15 is 0 Å². The molecule has 8 atom stereocenters. The maximum Gasteiger partial charge on any atom is 0.0346 e. The van der Waals surface area contributed by atoms with Crippen molar-refractivity contribution in [3.8, 4) is 0 Å². The zero-order valence-corrected chi connectivity index (χ0v) is 19.2. The van der Waals surface area contributed by atoms with Gasteiger partial charge in [-0.05, 0) is 121 Å². The molecule has 4 aliphatic rings. The monoisotopic (exact) mass is 401 g/mol. The smallest absolute Gasteiger partial charge is 0.0346 e. The number of pyridine rings is 1. The summed E-state index contributed by atoms with van der Waals surface area (Å²) in [6, 6.07) is 9.39. The topological polar surface area (TPSA) is 12.9 Å². The summed E-state index contributed by atoms with van der Waals surface area (Å²) in [6.07, 6.45) is 17.3. The number of hydrogen-bond donors (Lipinski definition) is 0. The normalized spacial score (nSPS) is 45.6. The molecule has 0 radical (unpaired) electrons. The van der Waals surface area contributed by atoms with Crippen LogP contribution in [0.1, 0.15) is 90.0 Å². The Balaban J connectivity index is 1.31. The molecular weight excluding hydrogens is 362 g/mol. The van der Waals surface area contributed by atoms with Crippen molar-refractivity contribution in [1.82, 2.24) is 4.98 Å². The molecule has 4 saturated carbocycles. The summed E-state index contributed by atoms with van der Waals surface area (Å²) in [5.74, 6) is 5.66. The van der Waals surface area contributed by atoms with E-state index in [9.17, 15) is 0 Å². The highest BCUT2D eigenvalue weighted by Crippen LogP contribution is 2.69. The Bertz CT molecular complexity index is 948. The van der Waals surface area contributed by atoms with Gasteiger partial charge in [-0.15, -0.1) is 0 Å². The van der Waals surface area contributed by atoms with Crippen molar-refractivity contribution in [1.29, 1.82) is 0 Å². The molecule has 1 heterocycles. The van der Waals surface area contributed by atoms with Gasteiger partial charge in [-0.25, -0.2) is 0 Å². The van der Waals surface area contributed by atoms with Crippen molar-refractivity contribution in [2.45, 2.75) is 84.5 Å². The Morgan fingerprint density at radius 1 is 0.833 bits per heavy atom. The summed E-state index contributed by atoms with van der Waals surface area (Å²) in [7, 11) is 0. The molecule has 30 heavy (non-hydrogen) atoms. The van der Waals surface area contributed by atoms with Crippen LogP contribution < -0.4 is 0 Å². The molecule has 1 aromatic heterocycles. The van der Waals surface area contributed by atoms with E-state index in [4.69, 9.17) is 0 Å². The second kappa shape index (κ2) is 6.81. The molecule has 0 bridgehead atoms. The number of nitrogens with zero attached hydrogens (tertiary/aromatic N) is 1. The fourth-order valence-corrected chi connectivity index (χ4v) is 9.34. The van der Waals surface area contributed by atoms with Crippen LogP contribution in [-0.4, -0.2) is 4.98 Å². The quantitative estimate of drug-likeness (QED) is 0.472. The third-order valence-electron chi connectivity index (χ3n) is 11.0. The predicted octanol–water partition coefficient (Wildman–Crippen LogP) is 8.00. The Kier molecular flexibility index (Phi) is 4.39. The molecule has 1 heteroatoms. The number of fused-ring (bicyclic) bond motifs is 6. The average molecular weight is 402 g/mol. The molecule has 4 fully saturated rings. The van der Waals surface area contributed by atoms with Crippen LogP contribution in [0.15, 0.2) is 36.7 Å². The third kappa shape index (κ3) is 2.69. The van der Waals surface area contributed by atoms with Gasteiger partial charge < -0.3 is 0 Å². The molecule has 0 amide bonds. The van der Waals surface area contributed by atoms with Crippen molar-refractivity contribution >= 4 is 10.8 Å². The van der Waals surface area contributed by atoms with Crippen LogP contribution in [0, 0.1) is 40.4 Å². The van der Waals surface area contributed by atoms with Crippen LogP contribution in [0.3, 0.4) is 0 Å². The highest BCUT2D eigenvalue weighted by atomic mass is 14.6. The first kappa shape index (κ1) is 19.3. The molecule has 0 spiro atoms. The molecule has 160 valence electrons. The maximum atomic E-state index is 4.38. The Morgan fingerprint density at radius 2 is 1.67 bits per heavy atom. The lowest BCUT2D eigenvalue weighted by atomic mass is 9.44. The van der Waals surface area contributed by atoms with Crippen molar-refractivity contribution in [3.63, 3.8) is 0 Å². The van der Waals surface area contributed by atoms with E-state index in [0.29, 0.717) is 10.8 Å². The van der Waals surface area contributed by atoms with Crippen LogP contribution in [0.25, 0.3) is 10.8 Å². The van der Waals surface area contributed by atoms with Crippen LogP contribution in [0.2, 0.25) is 0 Å². The molecule has 0 N–H and O–H groups in total. The molecule has 4 aliphatic carbocycles. The van der Waals surface area contributed by atoms with Crippen LogP contribution in [-0.2, 0) is 0 Å². The Hall–Kier alpha value is -1.37. The third-order valence-corrected chi connectivity index (χ3v) is 11.0. The summed E-state index contributed by atoms with van der Waals surface area (Å²) >= 11 is 0. The lowest BCUT2D eigenvalue weighted by Gasteiger charge is -2.61. The minimum Gasteiger partial charge on any atom is -0.264 e. The predicted molar refractivity (Wildman–Crippen MR) is 125 cm³/mol. The van der Waals surface area contributed by atoms with E-state index in [1.54, 1.807) is 5.56 Å². The Labute approximate surface area is 183 Å². The van der Waals surface area contributed by atoms with Crippen molar-refractivity contribution < 1.29 is 0 Å². The van der Waals surface area contributed by atoms with Crippen molar-refractivity contribution in [3.05, 3.63) is 42.2 Å². The minimum absolute atomic E-state index is 0.502. The van der Waals surface area contributed by atoms with Gasteiger partial charge in [-0.2, -0.15) is 0 Å². The largest absolute Gasteiger partial charge is 0.264 e. The lowest BCUT2D eigenvalue weighted by molar-refractivity contribution is -0.112. The molecule has 6 rings (SSSR count).